The maximum atomic E-state index is 5.50. The molecule has 0 spiro atoms. The molecule has 1 N–H and O–H groups in total. The second-order valence-electron chi connectivity index (χ2n) is 3.83. The smallest absolute Gasteiger partial charge is 0.316 e. The lowest BCUT2D eigenvalue weighted by atomic mass is 10.2. The van der Waals surface area contributed by atoms with Crippen LogP contribution < -0.4 is 10.1 Å². The van der Waals surface area contributed by atoms with Gasteiger partial charge >= 0.3 is 6.01 Å². The number of ether oxygens (including phenoxy) is 1. The van der Waals surface area contributed by atoms with Gasteiger partial charge in [-0.3, -0.25) is 0 Å². The van der Waals surface area contributed by atoms with Crippen LogP contribution in [0.1, 0.15) is 26.8 Å². The van der Waals surface area contributed by atoms with Gasteiger partial charge in [-0.2, -0.15) is 0 Å². The normalized spacial score (nSPS) is 20.5. The first kappa shape index (κ1) is 10.4. The van der Waals surface area contributed by atoms with E-state index >= 15 is 0 Å². The highest BCUT2D eigenvalue weighted by Gasteiger charge is 2.14. The average Bonchev–Trinajstić information content (AvgIpc) is 2.80. The number of aromatic nitrogens is 2. The van der Waals surface area contributed by atoms with Crippen LogP contribution in [0, 0.1) is 0 Å². The van der Waals surface area contributed by atoms with E-state index in [4.69, 9.17) is 4.74 Å². The molecule has 0 unspecified atom stereocenters. The van der Waals surface area contributed by atoms with Crippen LogP contribution in [0.25, 0.3) is 0 Å². The lowest BCUT2D eigenvalue weighted by Crippen LogP contribution is -2.28. The van der Waals surface area contributed by atoms with Crippen LogP contribution in [0.4, 0.5) is 0 Å². The first-order valence-electron chi connectivity index (χ1n) is 5.55. The van der Waals surface area contributed by atoms with Crippen LogP contribution in [0.5, 0.6) is 6.01 Å². The van der Waals surface area contributed by atoms with E-state index in [9.17, 15) is 0 Å². The summed E-state index contributed by atoms with van der Waals surface area (Å²) in [5.41, 5.74) is 1.14. The molecule has 0 aromatic carbocycles. The topological polar surface area (TPSA) is 47.0 Å². The molecule has 0 radical (unpaired) electrons. The van der Waals surface area contributed by atoms with Crippen molar-refractivity contribution in [2.24, 2.45) is 0 Å². The lowest BCUT2D eigenvalue weighted by Gasteiger charge is -2.10. The summed E-state index contributed by atoms with van der Waals surface area (Å²) in [6, 6.07) is 0.959. The molecular weight excluding hydrogens is 190 g/mol. The summed E-state index contributed by atoms with van der Waals surface area (Å²) in [6.07, 6.45) is 7.04. The highest BCUT2D eigenvalue weighted by atomic mass is 16.5. The molecule has 2 rings (SSSR count). The third kappa shape index (κ3) is 2.89. The first-order chi connectivity index (χ1) is 7.38. The maximum absolute atomic E-state index is 5.50. The van der Waals surface area contributed by atoms with Crippen molar-refractivity contribution in [3.05, 3.63) is 18.0 Å². The molecule has 4 nitrogen and oxygen atoms in total. The molecule has 1 saturated heterocycles. The summed E-state index contributed by atoms with van der Waals surface area (Å²) in [5, 5.41) is 3.37. The van der Waals surface area contributed by atoms with Gasteiger partial charge in [0.25, 0.3) is 0 Å². The number of hydrogen-bond donors (Lipinski definition) is 1. The van der Waals surface area contributed by atoms with Crippen LogP contribution in [-0.4, -0.2) is 29.2 Å². The summed E-state index contributed by atoms with van der Waals surface area (Å²) in [6.45, 7) is 3.86. The summed E-state index contributed by atoms with van der Waals surface area (Å²) in [5.74, 6) is 0. The fourth-order valence-electron chi connectivity index (χ4n) is 1.67. The third-order valence-electron chi connectivity index (χ3n) is 2.67. The van der Waals surface area contributed by atoms with Crippen LogP contribution in [-0.2, 0) is 6.42 Å². The first-order valence-corrected chi connectivity index (χ1v) is 5.55. The Hall–Kier alpha value is -1.16. The van der Waals surface area contributed by atoms with Gasteiger partial charge in [-0.05, 0) is 31.4 Å². The van der Waals surface area contributed by atoms with Crippen molar-refractivity contribution in [3.63, 3.8) is 0 Å². The third-order valence-corrected chi connectivity index (χ3v) is 2.67. The Labute approximate surface area is 91.6 Å². The summed E-state index contributed by atoms with van der Waals surface area (Å²) in [4.78, 5) is 8.30. The molecule has 0 bridgehead atoms. The Bertz CT molecular complexity index is 299. The molecule has 0 amide bonds. The zero-order chi connectivity index (χ0) is 10.5. The Morgan fingerprint density at radius 3 is 2.93 bits per heavy atom. The predicted octanol–water partition coefficient (Wildman–Crippen LogP) is 1.42. The van der Waals surface area contributed by atoms with Gasteiger partial charge in [-0.15, -0.1) is 0 Å². The van der Waals surface area contributed by atoms with E-state index < -0.39 is 0 Å². The van der Waals surface area contributed by atoms with E-state index in [-0.39, 0.29) is 1.43 Å². The number of hydrogen-bond acceptors (Lipinski definition) is 4. The van der Waals surface area contributed by atoms with Crippen molar-refractivity contribution in [3.8, 4) is 6.01 Å². The number of rotatable bonds is 4. The number of nitrogens with one attached hydrogen (secondary N) is 1. The van der Waals surface area contributed by atoms with E-state index in [0.717, 1.165) is 18.5 Å². The van der Waals surface area contributed by atoms with E-state index in [2.05, 4.69) is 22.2 Å². The van der Waals surface area contributed by atoms with Crippen molar-refractivity contribution in [1.82, 2.24) is 15.3 Å². The van der Waals surface area contributed by atoms with Gasteiger partial charge in [-0.1, -0.05) is 6.92 Å². The fraction of sp³-hybridized carbons (Fsp3) is 0.636. The molecule has 1 aliphatic rings. The highest BCUT2D eigenvalue weighted by Crippen LogP contribution is 2.08. The standard InChI is InChI=1S/C11H17N3O.H2/c1-2-9-6-13-11(14-7-9)15-8-10-4-3-5-12-10;/h6-7,10,12H,2-5,8H2,1H3;1H/t10-;/m0./s1. The van der Waals surface area contributed by atoms with E-state index in [1.807, 2.05) is 12.4 Å². The molecule has 1 aromatic heterocycles. The molecule has 1 aliphatic heterocycles. The Morgan fingerprint density at radius 1 is 1.53 bits per heavy atom. The zero-order valence-corrected chi connectivity index (χ0v) is 9.07. The van der Waals surface area contributed by atoms with Crippen LogP contribution in [0.3, 0.4) is 0 Å². The van der Waals surface area contributed by atoms with Gasteiger partial charge in [-0.25, -0.2) is 9.97 Å². The molecule has 0 aliphatic carbocycles. The van der Waals surface area contributed by atoms with Gasteiger partial charge in [0.05, 0.1) is 0 Å². The molecule has 0 saturated carbocycles. The fourth-order valence-corrected chi connectivity index (χ4v) is 1.67. The quantitative estimate of drug-likeness (QED) is 0.814. The maximum Gasteiger partial charge on any atom is 0.316 e. The van der Waals surface area contributed by atoms with Crippen LogP contribution in [0.15, 0.2) is 12.4 Å². The largest absolute Gasteiger partial charge is 0.462 e. The van der Waals surface area contributed by atoms with Crippen molar-refractivity contribution in [2.45, 2.75) is 32.2 Å². The van der Waals surface area contributed by atoms with Crippen molar-refractivity contribution in [1.29, 1.82) is 0 Å². The molecule has 15 heavy (non-hydrogen) atoms. The Balaban J connectivity index is 0.00000128. The predicted molar refractivity (Wildman–Crippen MR) is 60.0 cm³/mol. The molecule has 1 fully saturated rings. The summed E-state index contributed by atoms with van der Waals surface area (Å²) < 4.78 is 5.50. The zero-order valence-electron chi connectivity index (χ0n) is 9.07. The number of nitrogens with zero attached hydrogens (tertiary/aromatic N) is 2. The lowest BCUT2D eigenvalue weighted by molar-refractivity contribution is 0.257. The van der Waals surface area contributed by atoms with Gasteiger partial charge in [0, 0.05) is 19.9 Å². The van der Waals surface area contributed by atoms with E-state index in [1.165, 1.54) is 12.8 Å². The van der Waals surface area contributed by atoms with Gasteiger partial charge in [0.15, 0.2) is 0 Å². The average molecular weight is 209 g/mol. The monoisotopic (exact) mass is 209 g/mol. The molecular formula is C11H19N3O. The van der Waals surface area contributed by atoms with Crippen molar-refractivity contribution < 1.29 is 6.16 Å². The number of aryl methyl sites for hydroxylation is 1. The SMILES string of the molecule is CCc1cnc(OC[C@@H]2CCCN2)nc1.[HH]. The van der Waals surface area contributed by atoms with Gasteiger partial charge in [0.2, 0.25) is 0 Å². The van der Waals surface area contributed by atoms with E-state index in [0.29, 0.717) is 18.7 Å². The van der Waals surface area contributed by atoms with Crippen molar-refractivity contribution >= 4 is 0 Å². The van der Waals surface area contributed by atoms with Crippen LogP contribution >= 0.6 is 0 Å². The molecule has 1 atom stereocenters. The summed E-state index contributed by atoms with van der Waals surface area (Å²) >= 11 is 0. The van der Waals surface area contributed by atoms with E-state index in [1.54, 1.807) is 0 Å². The minimum Gasteiger partial charge on any atom is -0.462 e. The summed E-state index contributed by atoms with van der Waals surface area (Å²) in [7, 11) is 0. The highest BCUT2D eigenvalue weighted by molar-refractivity contribution is 5.06. The van der Waals surface area contributed by atoms with Crippen LogP contribution in [0.2, 0.25) is 0 Å². The second-order valence-corrected chi connectivity index (χ2v) is 3.83. The van der Waals surface area contributed by atoms with Gasteiger partial charge in [0.1, 0.15) is 6.61 Å². The minimum absolute atomic E-state index is 0. The molecule has 84 valence electrons. The van der Waals surface area contributed by atoms with Crippen molar-refractivity contribution in [2.75, 3.05) is 13.2 Å². The molecule has 2 heterocycles. The van der Waals surface area contributed by atoms with Gasteiger partial charge < -0.3 is 10.1 Å². The Morgan fingerprint density at radius 2 is 2.33 bits per heavy atom. The Kier molecular flexibility index (Phi) is 3.50. The second kappa shape index (κ2) is 5.07. The molecule has 4 heteroatoms. The molecule has 1 aromatic rings. The minimum atomic E-state index is 0.